The molecule has 5 rings (SSSR count). The third-order valence-electron chi connectivity index (χ3n) is 6.07. The van der Waals surface area contributed by atoms with E-state index in [1.165, 1.54) is 12.8 Å². The molecule has 2 amide bonds. The number of furan rings is 1. The van der Waals surface area contributed by atoms with Gasteiger partial charge in [-0.15, -0.1) is 0 Å². The number of anilines is 1. The fraction of sp³-hybridized carbons (Fsp3) is 0.500. The molecule has 29 heavy (non-hydrogen) atoms. The van der Waals surface area contributed by atoms with Crippen LogP contribution in [0.5, 0.6) is 11.5 Å². The summed E-state index contributed by atoms with van der Waals surface area (Å²) in [5, 5.41) is 5.90. The molecule has 2 fully saturated rings. The Morgan fingerprint density at radius 2 is 1.86 bits per heavy atom. The van der Waals surface area contributed by atoms with Crippen LogP contribution in [0.3, 0.4) is 0 Å². The third-order valence-corrected chi connectivity index (χ3v) is 6.07. The summed E-state index contributed by atoms with van der Waals surface area (Å²) in [6.07, 6.45) is 8.11. The maximum atomic E-state index is 12.5. The number of carbonyl (C=O) groups is 1. The first-order valence-corrected chi connectivity index (χ1v) is 10.6. The second-order valence-corrected chi connectivity index (χ2v) is 8.09. The summed E-state index contributed by atoms with van der Waals surface area (Å²) in [7, 11) is 0. The number of benzene rings is 1. The van der Waals surface area contributed by atoms with Crippen molar-refractivity contribution >= 4 is 11.7 Å². The van der Waals surface area contributed by atoms with E-state index in [9.17, 15) is 4.79 Å². The van der Waals surface area contributed by atoms with E-state index >= 15 is 0 Å². The zero-order valence-corrected chi connectivity index (χ0v) is 16.5. The number of fused-ring (bicyclic) bond motifs is 1. The molecule has 1 aromatic heterocycles. The lowest BCUT2D eigenvalue weighted by molar-refractivity contribution is -0.0716. The topological polar surface area (TPSA) is 76.0 Å². The van der Waals surface area contributed by atoms with Gasteiger partial charge in [-0.3, -0.25) is 4.90 Å². The Hall–Kier alpha value is -2.67. The van der Waals surface area contributed by atoms with Crippen LogP contribution in [0.25, 0.3) is 0 Å². The Kier molecular flexibility index (Phi) is 4.83. The summed E-state index contributed by atoms with van der Waals surface area (Å²) in [5.74, 6) is 1.85. The largest absolute Gasteiger partial charge is 0.468 e. The Morgan fingerprint density at radius 3 is 2.62 bits per heavy atom. The quantitative estimate of drug-likeness (QED) is 0.788. The van der Waals surface area contributed by atoms with Gasteiger partial charge in [-0.1, -0.05) is 0 Å². The lowest BCUT2D eigenvalue weighted by Crippen LogP contribution is -2.38. The van der Waals surface area contributed by atoms with Crippen LogP contribution in [0.15, 0.2) is 41.0 Å². The van der Waals surface area contributed by atoms with Crippen molar-refractivity contribution in [2.45, 2.75) is 50.4 Å². The van der Waals surface area contributed by atoms with Gasteiger partial charge in [0.1, 0.15) is 5.76 Å². The first kappa shape index (κ1) is 18.4. The molecule has 1 spiro atoms. The number of hydrogen-bond acceptors (Lipinski definition) is 5. The first-order valence-electron chi connectivity index (χ1n) is 10.6. The third kappa shape index (κ3) is 3.79. The molecule has 0 bridgehead atoms. The summed E-state index contributed by atoms with van der Waals surface area (Å²) in [5.41, 5.74) is 0.690. The van der Waals surface area contributed by atoms with Crippen LogP contribution in [0, 0.1) is 0 Å². The number of urea groups is 1. The molecule has 3 heterocycles. The van der Waals surface area contributed by atoms with Crippen molar-refractivity contribution in [2.75, 3.05) is 25.0 Å². The predicted octanol–water partition coefficient (Wildman–Crippen LogP) is 4.28. The molecule has 154 valence electrons. The summed E-state index contributed by atoms with van der Waals surface area (Å²) in [6.45, 7) is 2.55. The van der Waals surface area contributed by atoms with Crippen LogP contribution >= 0.6 is 0 Å². The van der Waals surface area contributed by atoms with Gasteiger partial charge < -0.3 is 24.5 Å². The fourth-order valence-electron chi connectivity index (χ4n) is 4.60. The number of nitrogens with zero attached hydrogens (tertiary/aromatic N) is 1. The predicted molar refractivity (Wildman–Crippen MR) is 108 cm³/mol. The lowest BCUT2D eigenvalue weighted by atomic mass is 10.2. The van der Waals surface area contributed by atoms with Gasteiger partial charge in [-0.25, -0.2) is 4.79 Å². The molecule has 7 heteroatoms. The Labute approximate surface area is 170 Å². The van der Waals surface area contributed by atoms with Crippen LogP contribution in [-0.2, 0) is 0 Å². The van der Waals surface area contributed by atoms with E-state index in [-0.39, 0.29) is 12.1 Å². The van der Waals surface area contributed by atoms with Gasteiger partial charge in [0, 0.05) is 31.1 Å². The molecule has 2 aromatic rings. The molecule has 1 saturated heterocycles. The number of likely N-dealkylation sites (tertiary alicyclic amines) is 1. The molecule has 1 atom stereocenters. The average Bonchev–Trinajstić information content (AvgIpc) is 3.51. The number of nitrogens with one attached hydrogen (secondary N) is 2. The summed E-state index contributed by atoms with van der Waals surface area (Å²) in [4.78, 5) is 14.9. The van der Waals surface area contributed by atoms with E-state index < -0.39 is 5.79 Å². The maximum absolute atomic E-state index is 12.5. The van der Waals surface area contributed by atoms with Gasteiger partial charge in [0.2, 0.25) is 0 Å². The van der Waals surface area contributed by atoms with Crippen molar-refractivity contribution in [3.05, 3.63) is 42.4 Å². The van der Waals surface area contributed by atoms with E-state index in [2.05, 4.69) is 15.5 Å². The van der Waals surface area contributed by atoms with Crippen LogP contribution in [0.2, 0.25) is 0 Å². The van der Waals surface area contributed by atoms with E-state index in [0.29, 0.717) is 18.0 Å². The van der Waals surface area contributed by atoms with Gasteiger partial charge >= 0.3 is 6.03 Å². The lowest BCUT2D eigenvalue weighted by Gasteiger charge is -2.26. The fourth-order valence-corrected chi connectivity index (χ4v) is 4.60. The van der Waals surface area contributed by atoms with Crippen molar-refractivity contribution < 1.29 is 18.7 Å². The Balaban J connectivity index is 1.20. The Morgan fingerprint density at radius 1 is 1.07 bits per heavy atom. The molecule has 3 aliphatic rings. The van der Waals surface area contributed by atoms with E-state index in [1.54, 1.807) is 6.26 Å². The molecule has 1 unspecified atom stereocenters. The van der Waals surface area contributed by atoms with Crippen LogP contribution in [-0.4, -0.2) is 36.4 Å². The highest BCUT2D eigenvalue weighted by Gasteiger charge is 2.44. The summed E-state index contributed by atoms with van der Waals surface area (Å²) >= 11 is 0. The second-order valence-electron chi connectivity index (χ2n) is 8.09. The van der Waals surface area contributed by atoms with Crippen molar-refractivity contribution in [2.24, 2.45) is 0 Å². The maximum Gasteiger partial charge on any atom is 0.319 e. The molecular weight excluding hydrogens is 370 g/mol. The minimum Gasteiger partial charge on any atom is -0.468 e. The van der Waals surface area contributed by atoms with Gasteiger partial charge in [-0.05, 0) is 63.0 Å². The van der Waals surface area contributed by atoms with Crippen molar-refractivity contribution in [3.8, 4) is 11.5 Å². The molecule has 7 nitrogen and oxygen atoms in total. The summed E-state index contributed by atoms with van der Waals surface area (Å²) in [6, 6.07) is 9.23. The van der Waals surface area contributed by atoms with Gasteiger partial charge in [0.05, 0.1) is 12.3 Å². The van der Waals surface area contributed by atoms with E-state index in [0.717, 1.165) is 50.3 Å². The molecule has 1 aliphatic carbocycles. The van der Waals surface area contributed by atoms with Crippen LogP contribution in [0.4, 0.5) is 10.5 Å². The van der Waals surface area contributed by atoms with Gasteiger partial charge in [0.25, 0.3) is 5.79 Å². The highest BCUT2D eigenvalue weighted by molar-refractivity contribution is 5.89. The van der Waals surface area contributed by atoms with E-state index in [1.807, 2.05) is 30.3 Å². The van der Waals surface area contributed by atoms with Crippen LogP contribution < -0.4 is 20.1 Å². The number of carbonyl (C=O) groups excluding carboxylic acids is 1. The minimum absolute atomic E-state index is 0.0530. The van der Waals surface area contributed by atoms with Crippen LogP contribution in [0.1, 0.15) is 50.3 Å². The number of amides is 2. The molecule has 1 aromatic carbocycles. The zero-order valence-electron chi connectivity index (χ0n) is 16.5. The molecule has 2 N–H and O–H groups in total. The monoisotopic (exact) mass is 397 g/mol. The second kappa shape index (κ2) is 7.63. The number of hydrogen-bond donors (Lipinski definition) is 2. The number of ether oxygens (including phenoxy) is 2. The number of rotatable bonds is 5. The Bertz CT molecular complexity index is 855. The van der Waals surface area contributed by atoms with E-state index in [4.69, 9.17) is 13.9 Å². The SMILES string of the molecule is O=C(NCC(c1ccco1)N1CCCC1)Nc1ccc2c(c1)OC1(CCCC1)O2. The van der Waals surface area contributed by atoms with Crippen molar-refractivity contribution in [3.63, 3.8) is 0 Å². The smallest absolute Gasteiger partial charge is 0.319 e. The first-order chi connectivity index (χ1) is 14.2. The van der Waals surface area contributed by atoms with Gasteiger partial charge in [-0.2, -0.15) is 0 Å². The highest BCUT2D eigenvalue weighted by atomic mass is 16.7. The average molecular weight is 397 g/mol. The van der Waals surface area contributed by atoms with Gasteiger partial charge in [0.15, 0.2) is 11.5 Å². The molecular formula is C22H27N3O4. The molecule has 0 radical (unpaired) electrons. The zero-order chi connectivity index (χ0) is 19.7. The molecule has 1 saturated carbocycles. The summed E-state index contributed by atoms with van der Waals surface area (Å²) < 4.78 is 17.7. The molecule has 2 aliphatic heterocycles. The van der Waals surface area contributed by atoms with Crippen molar-refractivity contribution in [1.82, 2.24) is 10.2 Å². The van der Waals surface area contributed by atoms with Crippen molar-refractivity contribution in [1.29, 1.82) is 0 Å². The minimum atomic E-state index is -0.491. The highest BCUT2D eigenvalue weighted by Crippen LogP contribution is 2.47. The normalized spacial score (nSPS) is 20.8. The standard InChI is InChI=1S/C22H27N3O4/c26-21(23-15-17(18-6-5-13-27-18)25-11-3-4-12-25)24-16-7-8-19-20(14-16)29-22(28-19)9-1-2-10-22/h5-8,13-14,17H,1-4,9-12,15H2,(H2,23,24,26).